The van der Waals surface area contributed by atoms with Crippen molar-refractivity contribution in [3.8, 4) is 6.07 Å². The minimum Gasteiger partial charge on any atom is -0.378 e. The Balaban J connectivity index is 1.87. The van der Waals surface area contributed by atoms with Crippen molar-refractivity contribution in [1.29, 1.82) is 5.26 Å². The number of amides is 3. The fourth-order valence-electron chi connectivity index (χ4n) is 2.96. The Kier molecular flexibility index (Phi) is 9.81. The normalized spacial score (nSPS) is 16.0. The standard InChI is InChI=1S/C21H30N4O3S/c1-16(2)12-19(24-21(27)25-8-10-28-11-9-25)20(26)23-18(13-22)15-29-14-17-6-4-3-5-7-17/h3-7,16,18-19H,8-12,14-15H2,1-2H3,(H,23,26)(H,24,27)/t18-,19+/m1/s1. The van der Waals surface area contributed by atoms with Crippen molar-refractivity contribution in [2.45, 2.75) is 38.1 Å². The van der Waals surface area contributed by atoms with Crippen LogP contribution in [0.4, 0.5) is 4.79 Å². The maximum absolute atomic E-state index is 12.8. The quantitative estimate of drug-likeness (QED) is 0.642. The molecule has 29 heavy (non-hydrogen) atoms. The van der Waals surface area contributed by atoms with Gasteiger partial charge in [-0.2, -0.15) is 17.0 Å². The van der Waals surface area contributed by atoms with Gasteiger partial charge >= 0.3 is 6.03 Å². The van der Waals surface area contributed by atoms with E-state index in [9.17, 15) is 14.9 Å². The van der Waals surface area contributed by atoms with Gasteiger partial charge in [0.25, 0.3) is 0 Å². The Bertz CT molecular complexity index is 687. The lowest BCUT2D eigenvalue weighted by molar-refractivity contribution is -0.123. The molecular weight excluding hydrogens is 388 g/mol. The van der Waals surface area contributed by atoms with Crippen LogP contribution in [-0.2, 0) is 15.3 Å². The van der Waals surface area contributed by atoms with Crippen molar-refractivity contribution in [2.75, 3.05) is 32.1 Å². The van der Waals surface area contributed by atoms with E-state index < -0.39 is 12.1 Å². The second-order valence-corrected chi connectivity index (χ2v) is 8.45. The lowest BCUT2D eigenvalue weighted by Crippen LogP contribution is -2.55. The summed E-state index contributed by atoms with van der Waals surface area (Å²) in [5, 5.41) is 15.1. The fourth-order valence-corrected chi connectivity index (χ4v) is 3.90. The van der Waals surface area contributed by atoms with E-state index in [1.807, 2.05) is 44.2 Å². The van der Waals surface area contributed by atoms with E-state index in [4.69, 9.17) is 4.74 Å². The number of nitrogens with one attached hydrogen (secondary N) is 2. The summed E-state index contributed by atoms with van der Waals surface area (Å²) < 4.78 is 5.26. The number of hydrogen-bond acceptors (Lipinski definition) is 5. The second kappa shape index (κ2) is 12.3. The van der Waals surface area contributed by atoms with Crippen LogP contribution in [0.5, 0.6) is 0 Å². The second-order valence-electron chi connectivity index (χ2n) is 7.42. The van der Waals surface area contributed by atoms with Crippen LogP contribution in [0.3, 0.4) is 0 Å². The topological polar surface area (TPSA) is 94.5 Å². The Hall–Kier alpha value is -2.24. The van der Waals surface area contributed by atoms with Crippen molar-refractivity contribution < 1.29 is 14.3 Å². The van der Waals surface area contributed by atoms with E-state index in [1.54, 1.807) is 16.7 Å². The highest BCUT2D eigenvalue weighted by molar-refractivity contribution is 7.98. The lowest BCUT2D eigenvalue weighted by Gasteiger charge is -2.29. The zero-order valence-electron chi connectivity index (χ0n) is 17.1. The highest BCUT2D eigenvalue weighted by Crippen LogP contribution is 2.13. The van der Waals surface area contributed by atoms with Crippen LogP contribution in [0.1, 0.15) is 25.8 Å². The van der Waals surface area contributed by atoms with Gasteiger partial charge in [-0.05, 0) is 17.9 Å². The monoisotopic (exact) mass is 418 g/mol. The molecule has 1 aromatic rings. The number of rotatable bonds is 9. The van der Waals surface area contributed by atoms with Crippen LogP contribution in [-0.4, -0.2) is 61.0 Å². The highest BCUT2D eigenvalue weighted by atomic mass is 32.2. The zero-order valence-corrected chi connectivity index (χ0v) is 17.9. The van der Waals surface area contributed by atoms with Gasteiger partial charge in [0, 0.05) is 24.6 Å². The van der Waals surface area contributed by atoms with Crippen molar-refractivity contribution >= 4 is 23.7 Å². The average molecular weight is 419 g/mol. The lowest BCUT2D eigenvalue weighted by atomic mass is 10.0. The average Bonchev–Trinajstić information content (AvgIpc) is 2.73. The van der Waals surface area contributed by atoms with E-state index >= 15 is 0 Å². The van der Waals surface area contributed by atoms with Gasteiger partial charge in [0.1, 0.15) is 12.1 Å². The molecule has 1 fully saturated rings. The number of ether oxygens (including phenoxy) is 1. The third-order valence-corrected chi connectivity index (χ3v) is 5.59. The number of carbonyl (C=O) groups is 2. The predicted molar refractivity (Wildman–Crippen MR) is 114 cm³/mol. The van der Waals surface area contributed by atoms with Gasteiger partial charge in [0.2, 0.25) is 5.91 Å². The molecule has 2 atom stereocenters. The first-order chi connectivity index (χ1) is 14.0. The van der Waals surface area contributed by atoms with Crippen molar-refractivity contribution in [3.05, 3.63) is 35.9 Å². The Morgan fingerprint density at radius 2 is 1.90 bits per heavy atom. The smallest absolute Gasteiger partial charge is 0.318 e. The van der Waals surface area contributed by atoms with E-state index in [0.29, 0.717) is 38.5 Å². The number of hydrogen-bond donors (Lipinski definition) is 2. The molecular formula is C21H30N4O3S. The van der Waals surface area contributed by atoms with Crippen molar-refractivity contribution in [2.24, 2.45) is 5.92 Å². The number of carbonyl (C=O) groups excluding carboxylic acids is 2. The first-order valence-corrected chi connectivity index (χ1v) is 11.1. The number of benzene rings is 1. The number of nitrogens with zero attached hydrogens (tertiary/aromatic N) is 2. The van der Waals surface area contributed by atoms with Gasteiger partial charge < -0.3 is 20.3 Å². The van der Waals surface area contributed by atoms with Gasteiger partial charge in [-0.25, -0.2) is 4.79 Å². The number of urea groups is 1. The molecule has 1 aromatic carbocycles. The van der Waals surface area contributed by atoms with Crippen LogP contribution < -0.4 is 10.6 Å². The third-order valence-electron chi connectivity index (χ3n) is 4.49. The highest BCUT2D eigenvalue weighted by Gasteiger charge is 2.27. The van der Waals surface area contributed by atoms with Crippen LogP contribution in [0.15, 0.2) is 30.3 Å². The summed E-state index contributed by atoms with van der Waals surface area (Å²) in [6, 6.07) is 10.6. The van der Waals surface area contributed by atoms with Gasteiger partial charge in [-0.15, -0.1) is 0 Å². The van der Waals surface area contributed by atoms with E-state index in [0.717, 1.165) is 5.75 Å². The molecule has 2 N–H and O–H groups in total. The van der Waals surface area contributed by atoms with Crippen LogP contribution in [0.25, 0.3) is 0 Å². The SMILES string of the molecule is CC(C)C[C@H](NC(=O)N1CCOCC1)C(=O)N[C@H](C#N)CSCc1ccccc1. The number of nitriles is 1. The van der Waals surface area contributed by atoms with Gasteiger partial charge in [0.15, 0.2) is 0 Å². The maximum Gasteiger partial charge on any atom is 0.318 e. The summed E-state index contributed by atoms with van der Waals surface area (Å²) in [6.45, 7) is 6.03. The Morgan fingerprint density at radius 1 is 1.21 bits per heavy atom. The molecule has 0 saturated carbocycles. The van der Waals surface area contributed by atoms with Gasteiger partial charge in [0.05, 0.1) is 19.3 Å². The summed E-state index contributed by atoms with van der Waals surface area (Å²) >= 11 is 1.60. The first-order valence-electron chi connectivity index (χ1n) is 9.94. The zero-order chi connectivity index (χ0) is 21.1. The van der Waals surface area contributed by atoms with Crippen LogP contribution in [0.2, 0.25) is 0 Å². The molecule has 158 valence electrons. The molecule has 0 unspecified atom stereocenters. The summed E-state index contributed by atoms with van der Waals surface area (Å²) in [7, 11) is 0. The van der Waals surface area contributed by atoms with Gasteiger partial charge in [-0.1, -0.05) is 44.2 Å². The summed E-state index contributed by atoms with van der Waals surface area (Å²) in [5.41, 5.74) is 1.18. The first kappa shape index (κ1) is 23.0. The maximum atomic E-state index is 12.8. The largest absolute Gasteiger partial charge is 0.378 e. The molecule has 0 spiro atoms. The molecule has 1 heterocycles. The molecule has 1 saturated heterocycles. The van der Waals surface area contributed by atoms with E-state index in [2.05, 4.69) is 16.7 Å². The number of morpholine rings is 1. The Morgan fingerprint density at radius 3 is 2.52 bits per heavy atom. The molecule has 8 heteroatoms. The fraction of sp³-hybridized carbons (Fsp3) is 0.571. The summed E-state index contributed by atoms with van der Waals surface area (Å²) in [4.78, 5) is 26.9. The van der Waals surface area contributed by atoms with Crippen molar-refractivity contribution in [3.63, 3.8) is 0 Å². The molecule has 0 aromatic heterocycles. The molecule has 0 aliphatic carbocycles. The molecule has 0 bridgehead atoms. The van der Waals surface area contributed by atoms with E-state index in [1.165, 1.54) is 5.56 Å². The molecule has 0 radical (unpaired) electrons. The Labute approximate surface area is 177 Å². The third kappa shape index (κ3) is 8.34. The van der Waals surface area contributed by atoms with Crippen LogP contribution >= 0.6 is 11.8 Å². The van der Waals surface area contributed by atoms with E-state index in [-0.39, 0.29) is 17.9 Å². The molecule has 7 nitrogen and oxygen atoms in total. The minimum absolute atomic E-state index is 0.226. The van der Waals surface area contributed by atoms with Crippen molar-refractivity contribution in [1.82, 2.24) is 15.5 Å². The predicted octanol–water partition coefficient (Wildman–Crippen LogP) is 2.38. The molecule has 2 rings (SSSR count). The van der Waals surface area contributed by atoms with Gasteiger partial charge in [-0.3, -0.25) is 4.79 Å². The summed E-state index contributed by atoms with van der Waals surface area (Å²) in [6.07, 6.45) is 0.511. The molecule has 1 aliphatic heterocycles. The molecule has 1 aliphatic rings. The van der Waals surface area contributed by atoms with Crippen LogP contribution in [0, 0.1) is 17.2 Å². The number of thioether (sulfide) groups is 1. The minimum atomic E-state index is -0.666. The summed E-state index contributed by atoms with van der Waals surface area (Å²) in [5.74, 6) is 1.18. The molecule has 3 amide bonds.